The van der Waals surface area contributed by atoms with E-state index in [0.29, 0.717) is 29.0 Å². The highest BCUT2D eigenvalue weighted by molar-refractivity contribution is 5.50. The van der Waals surface area contributed by atoms with E-state index >= 15 is 0 Å². The maximum atomic E-state index is 5.81. The Balaban J connectivity index is 2.39. The van der Waals surface area contributed by atoms with Crippen molar-refractivity contribution in [1.82, 2.24) is 15.0 Å². The van der Waals surface area contributed by atoms with Gasteiger partial charge in [-0.1, -0.05) is 13.8 Å². The van der Waals surface area contributed by atoms with Gasteiger partial charge in [0.2, 0.25) is 0 Å². The van der Waals surface area contributed by atoms with Crippen LogP contribution in [0.3, 0.4) is 0 Å². The second kappa shape index (κ2) is 5.09. The molecule has 100 valence electrons. The molecule has 0 aliphatic heterocycles. The average Bonchev–Trinajstić information content (AvgIpc) is 2.32. The standard InChI is InChI=1S/C13H17N5O/c1-7(2)9-5-17-12(14)4-10(9)19-11-6-16-8(3)18-13(11)15/h4-7H,1-3H3,(H2,14,17)(H2,15,16,18). The predicted octanol–water partition coefficient (Wildman–Crippen LogP) is 2.26. The van der Waals surface area contributed by atoms with Crippen molar-refractivity contribution < 1.29 is 4.74 Å². The van der Waals surface area contributed by atoms with E-state index in [9.17, 15) is 0 Å². The number of hydrogen-bond acceptors (Lipinski definition) is 6. The SMILES string of the molecule is Cc1ncc(Oc2cc(N)ncc2C(C)C)c(N)n1. The van der Waals surface area contributed by atoms with E-state index in [4.69, 9.17) is 16.2 Å². The molecule has 2 heterocycles. The van der Waals surface area contributed by atoms with E-state index in [-0.39, 0.29) is 5.92 Å². The number of hydrogen-bond donors (Lipinski definition) is 2. The van der Waals surface area contributed by atoms with Gasteiger partial charge in [-0.25, -0.2) is 15.0 Å². The minimum absolute atomic E-state index is 0.260. The van der Waals surface area contributed by atoms with Gasteiger partial charge in [0.15, 0.2) is 11.6 Å². The highest BCUT2D eigenvalue weighted by atomic mass is 16.5. The van der Waals surface area contributed by atoms with Crippen LogP contribution >= 0.6 is 0 Å². The molecule has 0 aliphatic rings. The first-order valence-corrected chi connectivity index (χ1v) is 5.99. The van der Waals surface area contributed by atoms with E-state index in [1.807, 2.05) is 0 Å². The number of aromatic nitrogens is 3. The Morgan fingerprint density at radius 3 is 2.47 bits per heavy atom. The molecule has 2 aromatic rings. The summed E-state index contributed by atoms with van der Waals surface area (Å²) in [6.45, 7) is 5.87. The number of aryl methyl sites for hydroxylation is 1. The summed E-state index contributed by atoms with van der Waals surface area (Å²) in [7, 11) is 0. The van der Waals surface area contributed by atoms with Crippen molar-refractivity contribution in [2.24, 2.45) is 0 Å². The molecule has 0 bridgehead atoms. The number of ether oxygens (including phenoxy) is 1. The quantitative estimate of drug-likeness (QED) is 0.876. The van der Waals surface area contributed by atoms with Gasteiger partial charge in [0.05, 0.1) is 6.20 Å². The monoisotopic (exact) mass is 259 g/mol. The van der Waals surface area contributed by atoms with Crippen LogP contribution in [0.4, 0.5) is 11.6 Å². The minimum Gasteiger partial charge on any atom is -0.451 e. The molecule has 0 aromatic carbocycles. The Kier molecular flexibility index (Phi) is 3.50. The van der Waals surface area contributed by atoms with Gasteiger partial charge in [-0.05, 0) is 12.8 Å². The molecule has 0 amide bonds. The lowest BCUT2D eigenvalue weighted by molar-refractivity contribution is 0.470. The van der Waals surface area contributed by atoms with Crippen molar-refractivity contribution in [3.8, 4) is 11.5 Å². The lowest BCUT2D eigenvalue weighted by Crippen LogP contribution is -2.02. The third kappa shape index (κ3) is 2.90. The summed E-state index contributed by atoms with van der Waals surface area (Å²) in [5, 5.41) is 0. The van der Waals surface area contributed by atoms with Crippen molar-refractivity contribution in [3.05, 3.63) is 29.8 Å². The Bertz CT molecular complexity index is 598. The molecule has 0 radical (unpaired) electrons. The van der Waals surface area contributed by atoms with Crippen LogP contribution in [0.15, 0.2) is 18.5 Å². The Morgan fingerprint density at radius 2 is 1.84 bits per heavy atom. The van der Waals surface area contributed by atoms with Crippen LogP contribution in [0.25, 0.3) is 0 Å². The second-order valence-corrected chi connectivity index (χ2v) is 4.57. The number of rotatable bonds is 3. The summed E-state index contributed by atoms with van der Waals surface area (Å²) in [4.78, 5) is 12.2. The van der Waals surface area contributed by atoms with Crippen LogP contribution in [-0.2, 0) is 0 Å². The molecule has 19 heavy (non-hydrogen) atoms. The Labute approximate surface area is 111 Å². The smallest absolute Gasteiger partial charge is 0.187 e. The fourth-order valence-corrected chi connectivity index (χ4v) is 1.66. The molecule has 4 N–H and O–H groups in total. The summed E-state index contributed by atoms with van der Waals surface area (Å²) >= 11 is 0. The van der Waals surface area contributed by atoms with Crippen LogP contribution in [0.1, 0.15) is 31.2 Å². The molecule has 2 rings (SSSR count). The first-order chi connectivity index (χ1) is 8.97. The summed E-state index contributed by atoms with van der Waals surface area (Å²) in [6, 6.07) is 1.68. The summed E-state index contributed by atoms with van der Waals surface area (Å²) in [5.74, 6) is 2.60. The highest BCUT2D eigenvalue weighted by Crippen LogP contribution is 2.32. The third-order valence-electron chi connectivity index (χ3n) is 2.66. The van der Waals surface area contributed by atoms with E-state index in [1.54, 1.807) is 25.4 Å². The number of nitrogens with two attached hydrogens (primary N) is 2. The van der Waals surface area contributed by atoms with E-state index in [0.717, 1.165) is 5.56 Å². The van der Waals surface area contributed by atoms with Gasteiger partial charge < -0.3 is 16.2 Å². The van der Waals surface area contributed by atoms with Gasteiger partial charge in [-0.15, -0.1) is 0 Å². The largest absolute Gasteiger partial charge is 0.451 e. The maximum Gasteiger partial charge on any atom is 0.187 e. The number of pyridine rings is 1. The van der Waals surface area contributed by atoms with Crippen LogP contribution in [0.2, 0.25) is 0 Å². The zero-order valence-electron chi connectivity index (χ0n) is 11.2. The topological polar surface area (TPSA) is 99.9 Å². The fraction of sp³-hybridized carbons (Fsp3) is 0.308. The van der Waals surface area contributed by atoms with Crippen LogP contribution < -0.4 is 16.2 Å². The van der Waals surface area contributed by atoms with Crippen molar-refractivity contribution in [2.75, 3.05) is 11.5 Å². The molecular formula is C13H17N5O. The van der Waals surface area contributed by atoms with Crippen molar-refractivity contribution in [1.29, 1.82) is 0 Å². The summed E-state index contributed by atoms with van der Waals surface area (Å²) < 4.78 is 5.77. The summed E-state index contributed by atoms with van der Waals surface area (Å²) in [6.07, 6.45) is 3.26. The predicted molar refractivity (Wildman–Crippen MR) is 74.0 cm³/mol. The van der Waals surface area contributed by atoms with Gasteiger partial charge >= 0.3 is 0 Å². The Morgan fingerprint density at radius 1 is 1.11 bits per heavy atom. The number of nitrogens with zero attached hydrogens (tertiary/aromatic N) is 3. The van der Waals surface area contributed by atoms with Gasteiger partial charge in [0, 0.05) is 17.8 Å². The lowest BCUT2D eigenvalue weighted by atomic mass is 10.0. The van der Waals surface area contributed by atoms with Crippen LogP contribution in [0.5, 0.6) is 11.5 Å². The molecule has 6 nitrogen and oxygen atoms in total. The maximum absolute atomic E-state index is 5.81. The molecular weight excluding hydrogens is 242 g/mol. The zero-order chi connectivity index (χ0) is 14.0. The molecule has 0 unspecified atom stereocenters. The normalized spacial score (nSPS) is 10.7. The number of nitrogen functional groups attached to an aromatic ring is 2. The zero-order valence-corrected chi connectivity index (χ0v) is 11.2. The second-order valence-electron chi connectivity index (χ2n) is 4.57. The minimum atomic E-state index is 0.260. The average molecular weight is 259 g/mol. The van der Waals surface area contributed by atoms with Crippen molar-refractivity contribution in [3.63, 3.8) is 0 Å². The molecule has 0 spiro atoms. The van der Waals surface area contributed by atoms with Crippen LogP contribution in [0, 0.1) is 6.92 Å². The summed E-state index contributed by atoms with van der Waals surface area (Å²) in [5.41, 5.74) is 12.5. The molecule has 0 saturated carbocycles. The van der Waals surface area contributed by atoms with Crippen LogP contribution in [-0.4, -0.2) is 15.0 Å². The first kappa shape index (κ1) is 13.1. The third-order valence-corrected chi connectivity index (χ3v) is 2.66. The fourth-order valence-electron chi connectivity index (χ4n) is 1.66. The molecule has 0 aliphatic carbocycles. The highest BCUT2D eigenvalue weighted by Gasteiger charge is 2.12. The van der Waals surface area contributed by atoms with E-state index < -0.39 is 0 Å². The van der Waals surface area contributed by atoms with Gasteiger partial charge in [-0.2, -0.15) is 0 Å². The molecule has 0 saturated heterocycles. The van der Waals surface area contributed by atoms with Gasteiger partial charge in [0.1, 0.15) is 17.4 Å². The molecule has 2 aromatic heterocycles. The first-order valence-electron chi connectivity index (χ1n) is 5.99. The Hall–Kier alpha value is -2.37. The van der Waals surface area contributed by atoms with E-state index in [1.165, 1.54) is 0 Å². The lowest BCUT2D eigenvalue weighted by Gasteiger charge is -2.14. The van der Waals surface area contributed by atoms with Gasteiger partial charge in [0.25, 0.3) is 0 Å². The molecule has 0 atom stereocenters. The molecule has 0 fully saturated rings. The van der Waals surface area contributed by atoms with E-state index in [2.05, 4.69) is 28.8 Å². The van der Waals surface area contributed by atoms with Crippen molar-refractivity contribution in [2.45, 2.75) is 26.7 Å². The van der Waals surface area contributed by atoms with Crippen molar-refractivity contribution >= 4 is 11.6 Å². The molecule has 6 heteroatoms. The number of anilines is 2. The van der Waals surface area contributed by atoms with Gasteiger partial charge in [-0.3, -0.25) is 0 Å².